The van der Waals surface area contributed by atoms with E-state index >= 15 is 0 Å². The molecule has 2 radical (unpaired) electrons. The highest BCUT2D eigenvalue weighted by Crippen LogP contribution is 2.29. The van der Waals surface area contributed by atoms with Gasteiger partial charge in [-0.1, -0.05) is 25.0 Å². The second kappa shape index (κ2) is 9.33. The maximum Gasteiger partial charge on any atom is 0.317 e. The molecule has 3 heterocycles. The molecule has 1 saturated carbocycles. The number of likely N-dealkylation sites (tertiary alicyclic amines) is 1. The van der Waals surface area contributed by atoms with E-state index in [1.54, 1.807) is 22.8 Å². The molecule has 8 nitrogen and oxygen atoms in total. The van der Waals surface area contributed by atoms with E-state index in [0.29, 0.717) is 40.9 Å². The van der Waals surface area contributed by atoms with Crippen molar-refractivity contribution in [3.63, 3.8) is 0 Å². The van der Waals surface area contributed by atoms with Gasteiger partial charge in [0.1, 0.15) is 19.4 Å². The smallest absolute Gasteiger partial charge is 0.317 e. The first-order valence-corrected chi connectivity index (χ1v) is 11.8. The van der Waals surface area contributed by atoms with Crippen LogP contribution in [-0.4, -0.2) is 64.2 Å². The van der Waals surface area contributed by atoms with Crippen LogP contribution in [-0.2, 0) is 0 Å². The largest absolute Gasteiger partial charge is 0.507 e. The Hall–Kier alpha value is -3.23. The zero-order valence-corrected chi connectivity index (χ0v) is 18.7. The van der Waals surface area contributed by atoms with Gasteiger partial charge in [-0.25, -0.2) is 9.78 Å². The third-order valence-electron chi connectivity index (χ3n) is 6.74. The number of aromatic hydroxyl groups is 1. The quantitative estimate of drug-likeness (QED) is 0.526. The highest BCUT2D eigenvalue weighted by Gasteiger charge is 2.26. The van der Waals surface area contributed by atoms with Crippen LogP contribution in [0.15, 0.2) is 36.5 Å². The summed E-state index contributed by atoms with van der Waals surface area (Å²) in [5.74, 6) is 1.25. The average molecular weight is 444 g/mol. The van der Waals surface area contributed by atoms with E-state index in [9.17, 15) is 9.90 Å². The number of para-hydroxylation sites is 1. The maximum atomic E-state index is 12.7. The van der Waals surface area contributed by atoms with Gasteiger partial charge >= 0.3 is 6.03 Å². The van der Waals surface area contributed by atoms with E-state index in [0.717, 1.165) is 44.6 Å². The molecule has 2 amide bonds. The molecule has 3 N–H and O–H groups in total. The zero-order valence-electron chi connectivity index (χ0n) is 18.7. The summed E-state index contributed by atoms with van der Waals surface area (Å²) < 4.78 is 1.69. The molecule has 2 aromatic heterocycles. The van der Waals surface area contributed by atoms with Crippen molar-refractivity contribution in [1.29, 1.82) is 0 Å². The van der Waals surface area contributed by atoms with Gasteiger partial charge in [0.05, 0.1) is 5.69 Å². The fourth-order valence-corrected chi connectivity index (χ4v) is 4.94. The summed E-state index contributed by atoms with van der Waals surface area (Å²) in [6.45, 7) is 2.24. The number of rotatable bonds is 5. The molecule has 1 atom stereocenters. The van der Waals surface area contributed by atoms with Crippen molar-refractivity contribution in [2.75, 3.05) is 25.0 Å². The van der Waals surface area contributed by atoms with Gasteiger partial charge < -0.3 is 20.6 Å². The molecule has 170 valence electrons. The number of urea groups is 1. The Morgan fingerprint density at radius 2 is 2.00 bits per heavy atom. The number of hydrogen-bond donors (Lipinski definition) is 3. The van der Waals surface area contributed by atoms with Gasteiger partial charge in [-0.05, 0) is 49.2 Å². The molecule has 1 aromatic carbocycles. The SMILES string of the molecule is [B]c1cnn2c(NCC3CCCN(C(=O)NC4CCCC4)C3)cc(-c3ccccc3O)nc12. The predicted molar refractivity (Wildman–Crippen MR) is 129 cm³/mol. The summed E-state index contributed by atoms with van der Waals surface area (Å²) >= 11 is 0. The summed E-state index contributed by atoms with van der Waals surface area (Å²) in [6.07, 6.45) is 8.23. The molecule has 9 heteroatoms. The van der Waals surface area contributed by atoms with Crippen LogP contribution >= 0.6 is 0 Å². The highest BCUT2D eigenvalue weighted by atomic mass is 16.3. The summed E-state index contributed by atoms with van der Waals surface area (Å²) in [5.41, 5.74) is 2.27. The number of anilines is 1. The standard InChI is InChI=1S/C24H29BN6O2/c25-19-14-27-31-22(12-20(29-23(19)31)18-9-3-4-10-21(18)32)26-13-16-6-5-11-30(15-16)24(33)28-17-7-1-2-8-17/h3-4,9-10,12,14,16-17,26,32H,1-2,5-8,11,13,15H2,(H,28,33). The van der Waals surface area contributed by atoms with Crippen LogP contribution in [0.3, 0.4) is 0 Å². The number of amides is 2. The number of nitrogens with zero attached hydrogens (tertiary/aromatic N) is 4. The second-order valence-electron chi connectivity index (χ2n) is 9.15. The third-order valence-corrected chi connectivity index (χ3v) is 6.74. The van der Waals surface area contributed by atoms with Crippen LogP contribution in [0.1, 0.15) is 38.5 Å². The first-order chi connectivity index (χ1) is 16.1. The molecule has 5 rings (SSSR count). The number of phenolic OH excluding ortho intramolecular Hbond substituents is 1. The van der Waals surface area contributed by atoms with Gasteiger partial charge in [0.15, 0.2) is 5.65 Å². The number of hydrogen-bond acceptors (Lipinski definition) is 5. The molecule has 33 heavy (non-hydrogen) atoms. The summed E-state index contributed by atoms with van der Waals surface area (Å²) in [4.78, 5) is 19.3. The minimum atomic E-state index is 0.0691. The van der Waals surface area contributed by atoms with Crippen molar-refractivity contribution in [3.8, 4) is 17.0 Å². The fourth-order valence-electron chi connectivity index (χ4n) is 4.94. The van der Waals surface area contributed by atoms with Crippen molar-refractivity contribution in [2.45, 2.75) is 44.6 Å². The number of phenols is 1. The van der Waals surface area contributed by atoms with Gasteiger partial charge in [-0.3, -0.25) is 0 Å². The summed E-state index contributed by atoms with van der Waals surface area (Å²) in [6, 6.07) is 9.39. The Bertz CT molecular complexity index is 1140. The van der Waals surface area contributed by atoms with Crippen LogP contribution < -0.4 is 16.1 Å². The average Bonchev–Trinajstić information content (AvgIpc) is 3.48. The first-order valence-electron chi connectivity index (χ1n) is 11.8. The van der Waals surface area contributed by atoms with Gasteiger partial charge in [-0.15, -0.1) is 0 Å². The van der Waals surface area contributed by atoms with Crippen LogP contribution in [0.2, 0.25) is 0 Å². The number of aromatic nitrogens is 3. The zero-order chi connectivity index (χ0) is 22.8. The molecule has 0 spiro atoms. The highest BCUT2D eigenvalue weighted by molar-refractivity contribution is 6.36. The van der Waals surface area contributed by atoms with Crippen molar-refractivity contribution in [3.05, 3.63) is 36.5 Å². The minimum absolute atomic E-state index is 0.0691. The molecule has 1 aliphatic carbocycles. The van der Waals surface area contributed by atoms with Gasteiger partial charge in [-0.2, -0.15) is 9.61 Å². The minimum Gasteiger partial charge on any atom is -0.507 e. The Labute approximate surface area is 194 Å². The van der Waals surface area contributed by atoms with Gasteiger partial charge in [0, 0.05) is 43.5 Å². The molecule has 2 fully saturated rings. The van der Waals surface area contributed by atoms with E-state index in [1.807, 2.05) is 23.1 Å². The van der Waals surface area contributed by atoms with E-state index < -0.39 is 0 Å². The van der Waals surface area contributed by atoms with Crippen molar-refractivity contribution in [2.24, 2.45) is 5.92 Å². The lowest BCUT2D eigenvalue weighted by molar-refractivity contribution is 0.165. The molecule has 0 bridgehead atoms. The van der Waals surface area contributed by atoms with Gasteiger partial charge in [0.25, 0.3) is 0 Å². The number of carbonyl (C=O) groups excluding carboxylic acids is 1. The lowest BCUT2D eigenvalue weighted by Crippen LogP contribution is -2.49. The number of fused-ring (bicyclic) bond motifs is 1. The van der Waals surface area contributed by atoms with E-state index in [1.165, 1.54) is 12.8 Å². The lowest BCUT2D eigenvalue weighted by Gasteiger charge is -2.33. The molecular weight excluding hydrogens is 415 g/mol. The van der Waals surface area contributed by atoms with E-state index in [4.69, 9.17) is 7.85 Å². The Morgan fingerprint density at radius 3 is 2.82 bits per heavy atom. The molecule has 1 saturated heterocycles. The fraction of sp³-hybridized carbons (Fsp3) is 0.458. The van der Waals surface area contributed by atoms with Crippen LogP contribution in [0.25, 0.3) is 16.9 Å². The van der Waals surface area contributed by atoms with Crippen molar-refractivity contribution < 1.29 is 9.90 Å². The Morgan fingerprint density at radius 1 is 1.18 bits per heavy atom. The summed E-state index contributed by atoms with van der Waals surface area (Å²) in [5, 5.41) is 21.4. The number of benzene rings is 1. The number of piperidine rings is 1. The molecular formula is C24H29BN6O2. The Kier molecular flexibility index (Phi) is 6.11. The summed E-state index contributed by atoms with van der Waals surface area (Å²) in [7, 11) is 6.10. The van der Waals surface area contributed by atoms with E-state index in [-0.39, 0.29) is 11.8 Å². The lowest BCUT2D eigenvalue weighted by atomic mass is 9.98. The first kappa shape index (κ1) is 21.6. The van der Waals surface area contributed by atoms with Crippen LogP contribution in [0.5, 0.6) is 5.75 Å². The van der Waals surface area contributed by atoms with Crippen molar-refractivity contribution >= 4 is 30.8 Å². The van der Waals surface area contributed by atoms with Crippen LogP contribution in [0.4, 0.5) is 10.6 Å². The third kappa shape index (κ3) is 4.63. The second-order valence-corrected chi connectivity index (χ2v) is 9.15. The predicted octanol–water partition coefficient (Wildman–Crippen LogP) is 2.67. The molecule has 1 unspecified atom stereocenters. The topological polar surface area (TPSA) is 94.8 Å². The van der Waals surface area contributed by atoms with Crippen LogP contribution in [0, 0.1) is 5.92 Å². The molecule has 2 aliphatic rings. The van der Waals surface area contributed by atoms with Crippen molar-refractivity contribution in [1.82, 2.24) is 24.8 Å². The number of nitrogens with one attached hydrogen (secondary N) is 2. The molecule has 1 aliphatic heterocycles. The maximum absolute atomic E-state index is 12.7. The Balaban J connectivity index is 1.31. The van der Waals surface area contributed by atoms with Gasteiger partial charge in [0.2, 0.25) is 0 Å². The monoisotopic (exact) mass is 444 g/mol. The molecule has 3 aromatic rings. The van der Waals surface area contributed by atoms with E-state index in [2.05, 4.69) is 20.7 Å². The normalized spacial score (nSPS) is 19.2. The number of carbonyl (C=O) groups is 1.